The molecular formula is C24H32N6O. The molecule has 0 saturated heterocycles. The van der Waals surface area contributed by atoms with Crippen LogP contribution in [0.25, 0.3) is 5.57 Å². The fourth-order valence-corrected chi connectivity index (χ4v) is 4.38. The lowest BCUT2D eigenvalue weighted by molar-refractivity contribution is 0.303. The highest BCUT2D eigenvalue weighted by Gasteiger charge is 2.36. The number of H-pyrrole nitrogens is 1. The summed E-state index contributed by atoms with van der Waals surface area (Å²) in [6, 6.07) is 0.160. The number of hydrogen-bond acceptors (Lipinski definition) is 6. The van der Waals surface area contributed by atoms with Crippen molar-refractivity contribution in [3.05, 3.63) is 70.5 Å². The number of nitrogens with one attached hydrogen (secondary N) is 2. The Kier molecular flexibility index (Phi) is 6.82. The van der Waals surface area contributed by atoms with E-state index < -0.39 is 0 Å². The number of hydrogen-bond donors (Lipinski definition) is 2. The molecule has 0 radical (unpaired) electrons. The second-order valence-electron chi connectivity index (χ2n) is 8.05. The Labute approximate surface area is 183 Å². The van der Waals surface area contributed by atoms with Gasteiger partial charge in [0.15, 0.2) is 5.69 Å². The van der Waals surface area contributed by atoms with E-state index in [4.69, 9.17) is 0 Å². The van der Waals surface area contributed by atoms with Crippen molar-refractivity contribution >= 4 is 11.5 Å². The lowest BCUT2D eigenvalue weighted by Crippen LogP contribution is -2.30. The first kappa shape index (κ1) is 21.3. The lowest BCUT2D eigenvalue weighted by Gasteiger charge is -2.29. The third kappa shape index (κ3) is 4.71. The van der Waals surface area contributed by atoms with Gasteiger partial charge in [0.05, 0.1) is 6.04 Å². The highest BCUT2D eigenvalue weighted by Crippen LogP contribution is 2.39. The van der Waals surface area contributed by atoms with Gasteiger partial charge in [-0.3, -0.25) is 9.78 Å². The van der Waals surface area contributed by atoms with Crippen molar-refractivity contribution in [2.24, 2.45) is 5.92 Å². The first-order valence-corrected chi connectivity index (χ1v) is 11.4. The topological polar surface area (TPSA) is 77.2 Å². The molecular weight excluding hydrogens is 388 g/mol. The minimum atomic E-state index is -0.204. The van der Waals surface area contributed by atoms with Crippen molar-refractivity contribution in [2.75, 3.05) is 31.5 Å². The molecule has 2 aliphatic carbocycles. The van der Waals surface area contributed by atoms with Gasteiger partial charge in [-0.2, -0.15) is 0 Å². The van der Waals surface area contributed by atoms with Gasteiger partial charge in [0, 0.05) is 29.9 Å². The molecule has 1 aliphatic heterocycles. The van der Waals surface area contributed by atoms with Gasteiger partial charge < -0.3 is 15.1 Å². The van der Waals surface area contributed by atoms with E-state index in [1.54, 1.807) is 0 Å². The van der Waals surface area contributed by atoms with Crippen molar-refractivity contribution in [2.45, 2.75) is 39.2 Å². The van der Waals surface area contributed by atoms with Crippen LogP contribution in [0.5, 0.6) is 0 Å². The Morgan fingerprint density at radius 3 is 2.77 bits per heavy atom. The number of aromatic nitrogens is 3. The Balaban J connectivity index is 1.49. The Morgan fingerprint density at radius 2 is 2.03 bits per heavy atom. The predicted molar refractivity (Wildman–Crippen MR) is 125 cm³/mol. The van der Waals surface area contributed by atoms with Crippen molar-refractivity contribution in [1.29, 1.82) is 0 Å². The molecule has 4 rings (SSSR count). The maximum absolute atomic E-state index is 12.9. The molecule has 1 aromatic heterocycles. The van der Waals surface area contributed by atoms with Crippen LogP contribution >= 0.6 is 0 Å². The molecule has 1 aromatic rings. The molecule has 0 bridgehead atoms. The number of allylic oxidation sites excluding steroid dienone is 5. The molecule has 2 N–H and O–H groups in total. The SMILES string of the molecule is CCN(CC)CCCNc1nnc(C2=CN(C3=CCCC=C3)C3C=CC=CC23)c(=O)[nH]1. The third-order valence-corrected chi connectivity index (χ3v) is 6.15. The van der Waals surface area contributed by atoms with Crippen molar-refractivity contribution in [1.82, 2.24) is 25.0 Å². The van der Waals surface area contributed by atoms with Crippen molar-refractivity contribution in [3.8, 4) is 0 Å². The summed E-state index contributed by atoms with van der Waals surface area (Å²) in [6.45, 7) is 8.20. The average Bonchev–Trinajstić information content (AvgIpc) is 3.19. The van der Waals surface area contributed by atoms with Crippen LogP contribution in [0.1, 0.15) is 38.8 Å². The average molecular weight is 421 g/mol. The Morgan fingerprint density at radius 1 is 1.19 bits per heavy atom. The van der Waals surface area contributed by atoms with E-state index in [2.05, 4.69) is 86.8 Å². The number of fused-ring (bicyclic) bond motifs is 1. The number of aromatic amines is 1. The Bertz CT molecular complexity index is 982. The van der Waals surface area contributed by atoms with E-state index in [9.17, 15) is 4.79 Å². The summed E-state index contributed by atoms with van der Waals surface area (Å²) < 4.78 is 0. The molecule has 164 valence electrons. The molecule has 7 nitrogen and oxygen atoms in total. The fraction of sp³-hybridized carbons (Fsp3) is 0.458. The van der Waals surface area contributed by atoms with Crippen LogP contribution in [0.15, 0.2) is 59.2 Å². The molecule has 2 heterocycles. The van der Waals surface area contributed by atoms with E-state index >= 15 is 0 Å². The highest BCUT2D eigenvalue weighted by atomic mass is 16.1. The monoisotopic (exact) mass is 420 g/mol. The fourth-order valence-electron chi connectivity index (χ4n) is 4.38. The minimum Gasteiger partial charge on any atom is -0.354 e. The standard InChI is InChI=1S/C24H32N6O/c1-3-29(4-2)16-10-15-25-24-26-23(31)22(27-28-24)20-17-30(18-11-6-5-7-12-18)21-14-9-8-13-19(20)21/h6,8-9,11-14,17,19,21H,3-5,7,10,15-16H2,1-2H3,(H2,25,26,28,31). The summed E-state index contributed by atoms with van der Waals surface area (Å²) in [4.78, 5) is 20.4. The summed E-state index contributed by atoms with van der Waals surface area (Å²) >= 11 is 0. The normalized spacial score (nSPS) is 22.0. The van der Waals surface area contributed by atoms with Gasteiger partial charge in [-0.05, 0) is 45.0 Å². The van der Waals surface area contributed by atoms with E-state index in [-0.39, 0.29) is 17.5 Å². The minimum absolute atomic E-state index is 0.0875. The molecule has 0 spiro atoms. The van der Waals surface area contributed by atoms with E-state index in [1.807, 2.05) is 6.08 Å². The highest BCUT2D eigenvalue weighted by molar-refractivity contribution is 5.70. The van der Waals surface area contributed by atoms with Crippen LogP contribution < -0.4 is 10.9 Å². The molecule has 31 heavy (non-hydrogen) atoms. The Hall–Kier alpha value is -2.93. The van der Waals surface area contributed by atoms with Crippen LogP contribution in [-0.4, -0.2) is 57.2 Å². The van der Waals surface area contributed by atoms with Gasteiger partial charge in [-0.25, -0.2) is 0 Å². The molecule has 0 fully saturated rings. The largest absolute Gasteiger partial charge is 0.354 e. The van der Waals surface area contributed by atoms with Crippen LogP contribution in [0, 0.1) is 5.92 Å². The summed E-state index contributed by atoms with van der Waals surface area (Å²) in [6.07, 6.45) is 20.2. The summed E-state index contributed by atoms with van der Waals surface area (Å²) in [7, 11) is 0. The molecule has 0 aromatic carbocycles. The first-order chi connectivity index (χ1) is 15.2. The van der Waals surface area contributed by atoms with Crippen LogP contribution in [0.4, 0.5) is 5.95 Å². The number of nitrogens with zero attached hydrogens (tertiary/aromatic N) is 4. The summed E-state index contributed by atoms with van der Waals surface area (Å²) in [5.74, 6) is 0.516. The first-order valence-electron chi connectivity index (χ1n) is 11.4. The van der Waals surface area contributed by atoms with Crippen LogP contribution in [0.2, 0.25) is 0 Å². The third-order valence-electron chi connectivity index (χ3n) is 6.15. The zero-order valence-corrected chi connectivity index (χ0v) is 18.4. The molecule has 3 aliphatic rings. The van der Waals surface area contributed by atoms with Gasteiger partial charge in [0.2, 0.25) is 5.95 Å². The van der Waals surface area contributed by atoms with Crippen molar-refractivity contribution < 1.29 is 0 Å². The van der Waals surface area contributed by atoms with E-state index in [0.717, 1.165) is 51.0 Å². The number of anilines is 1. The summed E-state index contributed by atoms with van der Waals surface area (Å²) in [5, 5.41) is 11.8. The summed E-state index contributed by atoms with van der Waals surface area (Å²) in [5.41, 5.74) is 2.27. The quantitative estimate of drug-likeness (QED) is 0.597. The van der Waals surface area contributed by atoms with Gasteiger partial charge in [-0.15, -0.1) is 10.2 Å². The second-order valence-corrected chi connectivity index (χ2v) is 8.05. The van der Waals surface area contributed by atoms with Crippen LogP contribution in [-0.2, 0) is 0 Å². The maximum Gasteiger partial charge on any atom is 0.278 e. The smallest absolute Gasteiger partial charge is 0.278 e. The molecule has 7 heteroatoms. The molecule has 2 atom stereocenters. The zero-order chi connectivity index (χ0) is 21.6. The van der Waals surface area contributed by atoms with Gasteiger partial charge in [-0.1, -0.05) is 50.3 Å². The molecule has 0 saturated carbocycles. The second kappa shape index (κ2) is 9.92. The zero-order valence-electron chi connectivity index (χ0n) is 18.4. The van der Waals surface area contributed by atoms with Gasteiger partial charge in [0.25, 0.3) is 5.56 Å². The van der Waals surface area contributed by atoms with Crippen LogP contribution in [0.3, 0.4) is 0 Å². The maximum atomic E-state index is 12.9. The van der Waals surface area contributed by atoms with E-state index in [0.29, 0.717) is 11.6 Å². The lowest BCUT2D eigenvalue weighted by atomic mass is 9.89. The molecule has 0 amide bonds. The number of rotatable bonds is 9. The van der Waals surface area contributed by atoms with Gasteiger partial charge >= 0.3 is 0 Å². The predicted octanol–water partition coefficient (Wildman–Crippen LogP) is 3.31. The van der Waals surface area contributed by atoms with E-state index in [1.165, 1.54) is 5.70 Å². The van der Waals surface area contributed by atoms with Crippen molar-refractivity contribution in [3.63, 3.8) is 0 Å². The van der Waals surface area contributed by atoms with Gasteiger partial charge in [0.1, 0.15) is 0 Å². The molecule has 2 unspecified atom stereocenters.